The molecule has 0 bridgehead atoms. The van der Waals surface area contributed by atoms with Gasteiger partial charge in [-0.25, -0.2) is 4.39 Å². The molecule has 2 rings (SSSR count). The minimum Gasteiger partial charge on any atom is -0.287 e. The number of aromatic nitrogens is 2. The highest BCUT2D eigenvalue weighted by molar-refractivity contribution is 6.32. The van der Waals surface area contributed by atoms with E-state index in [4.69, 9.17) is 7.85 Å². The van der Waals surface area contributed by atoms with Gasteiger partial charge in [-0.05, 0) is 25.1 Å². The normalized spacial score (nSPS) is 10.5. The van der Waals surface area contributed by atoms with Crippen molar-refractivity contribution in [2.24, 2.45) is 7.05 Å². The highest BCUT2D eigenvalue weighted by Gasteiger charge is 2.17. The molecule has 0 saturated heterocycles. The number of carbonyl (C=O) groups excluding carboxylic acids is 1. The van der Waals surface area contributed by atoms with Crippen LogP contribution in [0.25, 0.3) is 0 Å². The fourth-order valence-electron chi connectivity index (χ4n) is 1.68. The first-order chi connectivity index (χ1) is 7.99. The molecule has 2 radical (unpaired) electrons. The number of rotatable bonds is 2. The molecule has 0 atom stereocenters. The molecule has 0 aliphatic rings. The van der Waals surface area contributed by atoms with Crippen LogP contribution in [0.1, 0.15) is 21.7 Å². The van der Waals surface area contributed by atoms with Crippen LogP contribution in [0.5, 0.6) is 0 Å². The van der Waals surface area contributed by atoms with Gasteiger partial charge in [-0.1, -0.05) is 11.5 Å². The highest BCUT2D eigenvalue weighted by Crippen LogP contribution is 2.13. The van der Waals surface area contributed by atoms with Gasteiger partial charge < -0.3 is 0 Å². The monoisotopic (exact) mass is 228 g/mol. The largest absolute Gasteiger partial charge is 0.287 e. The Morgan fingerprint density at radius 3 is 2.65 bits per heavy atom. The molecule has 0 N–H and O–H groups in total. The van der Waals surface area contributed by atoms with Crippen LogP contribution in [0.4, 0.5) is 4.39 Å². The second-order valence-electron chi connectivity index (χ2n) is 3.86. The van der Waals surface area contributed by atoms with Crippen molar-refractivity contribution in [3.05, 3.63) is 47.0 Å². The Balaban J connectivity index is 2.47. The van der Waals surface area contributed by atoms with Gasteiger partial charge in [0.1, 0.15) is 19.4 Å². The maximum atomic E-state index is 13.6. The van der Waals surface area contributed by atoms with E-state index in [1.165, 1.54) is 16.8 Å². The van der Waals surface area contributed by atoms with Gasteiger partial charge in [-0.3, -0.25) is 9.48 Å². The lowest BCUT2D eigenvalue weighted by atomic mass is 9.93. The van der Waals surface area contributed by atoms with Crippen LogP contribution in [-0.4, -0.2) is 23.4 Å². The Bertz CT molecular complexity index is 592. The molecular formula is C12H10BFN2O. The third kappa shape index (κ3) is 2.13. The topological polar surface area (TPSA) is 34.9 Å². The van der Waals surface area contributed by atoms with E-state index in [1.54, 1.807) is 20.0 Å². The first-order valence-electron chi connectivity index (χ1n) is 5.09. The molecule has 3 nitrogen and oxygen atoms in total. The fourth-order valence-corrected chi connectivity index (χ4v) is 1.68. The van der Waals surface area contributed by atoms with Crippen molar-refractivity contribution in [2.75, 3.05) is 0 Å². The third-order valence-corrected chi connectivity index (χ3v) is 2.47. The zero-order chi connectivity index (χ0) is 12.6. The fraction of sp³-hybridized carbons (Fsp3) is 0.167. The van der Waals surface area contributed by atoms with E-state index in [1.807, 2.05) is 0 Å². The van der Waals surface area contributed by atoms with Crippen molar-refractivity contribution in [2.45, 2.75) is 6.92 Å². The van der Waals surface area contributed by atoms with E-state index in [2.05, 4.69) is 5.10 Å². The molecular weight excluding hydrogens is 218 g/mol. The van der Waals surface area contributed by atoms with E-state index in [0.29, 0.717) is 16.9 Å². The second kappa shape index (κ2) is 4.16. The van der Waals surface area contributed by atoms with Crippen LogP contribution in [-0.2, 0) is 7.05 Å². The van der Waals surface area contributed by atoms with Gasteiger partial charge in [0, 0.05) is 7.05 Å². The number of aryl methyl sites for hydroxylation is 2. The van der Waals surface area contributed by atoms with Crippen LogP contribution < -0.4 is 5.46 Å². The Labute approximate surface area is 99.7 Å². The average molecular weight is 228 g/mol. The summed E-state index contributed by atoms with van der Waals surface area (Å²) in [6.07, 6.45) is 0. The van der Waals surface area contributed by atoms with Crippen molar-refractivity contribution in [3.63, 3.8) is 0 Å². The zero-order valence-electron chi connectivity index (χ0n) is 9.57. The van der Waals surface area contributed by atoms with Gasteiger partial charge in [0.25, 0.3) is 0 Å². The molecule has 2 aromatic rings. The Morgan fingerprint density at radius 1 is 1.41 bits per heavy atom. The molecule has 84 valence electrons. The van der Waals surface area contributed by atoms with Crippen LogP contribution in [0.2, 0.25) is 0 Å². The molecule has 0 saturated carbocycles. The molecule has 0 amide bonds. The number of ketones is 1. The van der Waals surface area contributed by atoms with Crippen LogP contribution in [0, 0.1) is 12.7 Å². The lowest BCUT2D eigenvalue weighted by Crippen LogP contribution is -2.12. The second-order valence-corrected chi connectivity index (χ2v) is 3.86. The van der Waals surface area contributed by atoms with Crippen molar-refractivity contribution >= 4 is 19.1 Å². The predicted octanol–water partition coefficient (Wildman–Crippen LogP) is 0.892. The summed E-state index contributed by atoms with van der Waals surface area (Å²) in [6, 6.07) is 5.64. The maximum Gasteiger partial charge on any atom is 0.213 e. The SMILES string of the molecule is [B]c1ccc(C(=O)c2cc(C)nn2C)c(F)c1. The van der Waals surface area contributed by atoms with Gasteiger partial charge in [-0.2, -0.15) is 5.10 Å². The Hall–Kier alpha value is -1.91. The number of benzene rings is 1. The molecule has 0 unspecified atom stereocenters. The van der Waals surface area contributed by atoms with E-state index >= 15 is 0 Å². The molecule has 1 heterocycles. The summed E-state index contributed by atoms with van der Waals surface area (Å²) >= 11 is 0. The molecule has 0 aliphatic carbocycles. The summed E-state index contributed by atoms with van der Waals surface area (Å²) in [5.74, 6) is -1.01. The highest BCUT2D eigenvalue weighted by atomic mass is 19.1. The molecule has 17 heavy (non-hydrogen) atoms. The van der Waals surface area contributed by atoms with Crippen molar-refractivity contribution in [3.8, 4) is 0 Å². The minimum absolute atomic E-state index is 0.00204. The predicted molar refractivity (Wildman–Crippen MR) is 63.2 cm³/mol. The average Bonchev–Trinajstić information content (AvgIpc) is 2.57. The minimum atomic E-state index is -0.617. The number of carbonyl (C=O) groups is 1. The summed E-state index contributed by atoms with van der Waals surface area (Å²) in [5, 5.41) is 4.05. The molecule has 0 spiro atoms. The first-order valence-corrected chi connectivity index (χ1v) is 5.09. The Morgan fingerprint density at radius 2 is 2.12 bits per heavy atom. The molecule has 5 heteroatoms. The summed E-state index contributed by atoms with van der Waals surface area (Å²) in [5.41, 5.74) is 1.36. The van der Waals surface area contributed by atoms with E-state index in [9.17, 15) is 9.18 Å². The van der Waals surface area contributed by atoms with Crippen molar-refractivity contribution < 1.29 is 9.18 Å². The van der Waals surface area contributed by atoms with Gasteiger partial charge in [-0.15, -0.1) is 0 Å². The maximum absolute atomic E-state index is 13.6. The van der Waals surface area contributed by atoms with Crippen LogP contribution >= 0.6 is 0 Å². The number of nitrogens with zero attached hydrogens (tertiary/aromatic N) is 2. The summed E-state index contributed by atoms with van der Waals surface area (Å²) < 4.78 is 15.0. The number of halogens is 1. The molecule has 1 aromatic carbocycles. The number of hydrogen-bond donors (Lipinski definition) is 0. The molecule has 0 aliphatic heterocycles. The summed E-state index contributed by atoms with van der Waals surface area (Å²) in [4.78, 5) is 12.1. The molecule has 0 fully saturated rings. The quantitative estimate of drug-likeness (QED) is 0.565. The number of hydrogen-bond acceptors (Lipinski definition) is 2. The standard InChI is InChI=1S/C12H10BFN2O/c1-7-5-11(16(2)15-7)12(17)9-4-3-8(13)6-10(9)14/h3-6H,1-2H3. The zero-order valence-corrected chi connectivity index (χ0v) is 9.57. The smallest absolute Gasteiger partial charge is 0.213 e. The van der Waals surface area contributed by atoms with E-state index in [-0.39, 0.29) is 5.56 Å². The Kier molecular flexibility index (Phi) is 2.83. The summed E-state index contributed by atoms with van der Waals surface area (Å²) in [6.45, 7) is 1.77. The lowest BCUT2D eigenvalue weighted by molar-refractivity contribution is 0.102. The van der Waals surface area contributed by atoms with Gasteiger partial charge in [0.2, 0.25) is 5.78 Å². The van der Waals surface area contributed by atoms with Crippen molar-refractivity contribution in [1.82, 2.24) is 9.78 Å². The van der Waals surface area contributed by atoms with Gasteiger partial charge >= 0.3 is 0 Å². The van der Waals surface area contributed by atoms with E-state index in [0.717, 1.165) is 6.07 Å². The van der Waals surface area contributed by atoms with Crippen LogP contribution in [0.3, 0.4) is 0 Å². The molecule has 1 aromatic heterocycles. The first kappa shape index (κ1) is 11.6. The van der Waals surface area contributed by atoms with E-state index < -0.39 is 11.6 Å². The van der Waals surface area contributed by atoms with Gasteiger partial charge in [0.15, 0.2) is 0 Å². The van der Waals surface area contributed by atoms with Gasteiger partial charge in [0.05, 0.1) is 11.3 Å². The third-order valence-electron chi connectivity index (χ3n) is 2.47. The van der Waals surface area contributed by atoms with Crippen molar-refractivity contribution in [1.29, 1.82) is 0 Å². The van der Waals surface area contributed by atoms with Crippen LogP contribution in [0.15, 0.2) is 24.3 Å². The summed E-state index contributed by atoms with van der Waals surface area (Å²) in [7, 11) is 7.08. The lowest BCUT2D eigenvalue weighted by Gasteiger charge is -2.03.